The number of nitrogens with one attached hydrogen (secondary N) is 2. The number of fused-ring (bicyclic) bond motifs is 1. The lowest BCUT2D eigenvalue weighted by molar-refractivity contribution is 0.0490. The largest absolute Gasteiger partial charge is 0.444 e. The molecular weight excluding hydrogens is 441 g/mol. The Kier molecular flexibility index (Phi) is 6.14. The highest BCUT2D eigenvalue weighted by Gasteiger charge is 2.35. The molecule has 2 aromatic rings. The molecule has 182 valence electrons. The molecule has 1 amide bonds. The van der Waals surface area contributed by atoms with E-state index in [-0.39, 0.29) is 23.8 Å². The maximum absolute atomic E-state index is 15.3. The topological polar surface area (TPSA) is 120 Å². The first-order chi connectivity index (χ1) is 16.0. The predicted molar refractivity (Wildman–Crippen MR) is 126 cm³/mol. The first kappa shape index (κ1) is 23.8. The molecule has 9 nitrogen and oxygen atoms in total. The van der Waals surface area contributed by atoms with Crippen LogP contribution in [0.25, 0.3) is 10.9 Å². The number of nitriles is 1. The van der Waals surface area contributed by atoms with Crippen LogP contribution >= 0.6 is 0 Å². The van der Waals surface area contributed by atoms with Crippen molar-refractivity contribution in [1.82, 2.24) is 14.9 Å². The van der Waals surface area contributed by atoms with Crippen LogP contribution in [0.5, 0.6) is 0 Å². The molecule has 2 aliphatic rings. The van der Waals surface area contributed by atoms with Crippen LogP contribution in [0.2, 0.25) is 0 Å². The maximum atomic E-state index is 15.3. The Morgan fingerprint density at radius 2 is 2.06 bits per heavy atom. The van der Waals surface area contributed by atoms with Crippen molar-refractivity contribution in [3.63, 3.8) is 0 Å². The van der Waals surface area contributed by atoms with Gasteiger partial charge in [-0.15, -0.1) is 0 Å². The van der Waals surface area contributed by atoms with Crippen LogP contribution < -0.4 is 21.5 Å². The van der Waals surface area contributed by atoms with Crippen LogP contribution in [-0.4, -0.2) is 40.4 Å². The average molecular weight is 472 g/mol. The minimum Gasteiger partial charge on any atom is -0.444 e. The Hall–Kier alpha value is -3.35. The fourth-order valence-corrected chi connectivity index (χ4v) is 4.85. The van der Waals surface area contributed by atoms with E-state index in [0.29, 0.717) is 36.3 Å². The van der Waals surface area contributed by atoms with E-state index in [1.165, 1.54) is 6.07 Å². The van der Waals surface area contributed by atoms with Gasteiger partial charge in [0.2, 0.25) is 0 Å². The summed E-state index contributed by atoms with van der Waals surface area (Å²) in [5, 5.41) is 12.3. The number of carbonyl (C=O) groups is 1. The van der Waals surface area contributed by atoms with Gasteiger partial charge in [-0.25, -0.2) is 14.0 Å². The van der Waals surface area contributed by atoms with Crippen molar-refractivity contribution in [2.45, 2.75) is 71.1 Å². The number of rotatable bonds is 5. The smallest absolute Gasteiger partial charge is 0.407 e. The molecular formula is C24H30FN5O4. The second-order valence-electron chi connectivity index (χ2n) is 10.2. The first-order valence-corrected chi connectivity index (χ1v) is 11.6. The van der Waals surface area contributed by atoms with Crippen LogP contribution in [-0.2, 0) is 4.74 Å². The van der Waals surface area contributed by atoms with Crippen molar-refractivity contribution in [2.75, 3.05) is 18.0 Å². The van der Waals surface area contributed by atoms with Gasteiger partial charge in [-0.1, -0.05) is 0 Å². The highest BCUT2D eigenvalue weighted by Crippen LogP contribution is 2.39. The van der Waals surface area contributed by atoms with Crippen LogP contribution in [0.3, 0.4) is 0 Å². The molecule has 2 N–H and O–H groups in total. The Bertz CT molecular complexity index is 1280. The molecule has 1 saturated carbocycles. The van der Waals surface area contributed by atoms with E-state index < -0.39 is 34.8 Å². The zero-order valence-electron chi connectivity index (χ0n) is 19.9. The van der Waals surface area contributed by atoms with Crippen LogP contribution in [0.1, 0.15) is 58.1 Å². The molecule has 2 heterocycles. The standard InChI is InChI=1S/C24H30FN5O4/c1-13-19-16(21(31)28-22(32)30(19)15-5-6-15)11-17(25)20(13)29-10-8-14(12-29)18(7-9-26)27-23(33)34-24(2,3)4/h11,14-15,18H,5-8,10,12H2,1-4H3,(H,27,33)(H,28,31,32)/t14-,18+/m1/s1. The highest BCUT2D eigenvalue weighted by molar-refractivity contribution is 5.87. The zero-order chi connectivity index (χ0) is 24.8. The van der Waals surface area contributed by atoms with Crippen molar-refractivity contribution in [3.8, 4) is 6.07 Å². The van der Waals surface area contributed by atoms with Gasteiger partial charge in [0.05, 0.1) is 29.1 Å². The second kappa shape index (κ2) is 8.78. The summed E-state index contributed by atoms with van der Waals surface area (Å²) in [6.45, 7) is 7.96. The number of anilines is 1. The van der Waals surface area contributed by atoms with Gasteiger partial charge in [-0.3, -0.25) is 14.3 Å². The molecule has 0 unspecified atom stereocenters. The van der Waals surface area contributed by atoms with Gasteiger partial charge >= 0.3 is 11.8 Å². The van der Waals surface area contributed by atoms with Gasteiger partial charge in [-0.2, -0.15) is 5.26 Å². The molecule has 4 rings (SSSR count). The SMILES string of the molecule is Cc1c(N2CC[C@@H]([C@H](CC#N)NC(=O)OC(C)(C)C)C2)c(F)cc2c(=O)[nH]c(=O)n(C3CC3)c12. The Labute approximate surface area is 196 Å². The van der Waals surface area contributed by atoms with Crippen molar-refractivity contribution in [3.05, 3.63) is 38.3 Å². The van der Waals surface area contributed by atoms with Crippen molar-refractivity contribution in [2.24, 2.45) is 5.92 Å². The molecule has 1 aliphatic heterocycles. The zero-order valence-corrected chi connectivity index (χ0v) is 19.9. The van der Waals surface area contributed by atoms with E-state index in [9.17, 15) is 19.6 Å². The van der Waals surface area contributed by atoms with Gasteiger partial charge in [0.1, 0.15) is 11.4 Å². The summed E-state index contributed by atoms with van der Waals surface area (Å²) in [6, 6.07) is 2.88. The number of amides is 1. The van der Waals surface area contributed by atoms with Crippen molar-refractivity contribution >= 4 is 22.7 Å². The molecule has 2 fully saturated rings. The molecule has 1 aliphatic carbocycles. The quantitative estimate of drug-likeness (QED) is 0.691. The van der Waals surface area contributed by atoms with Crippen LogP contribution in [0, 0.1) is 30.0 Å². The molecule has 2 atom stereocenters. The maximum Gasteiger partial charge on any atom is 0.407 e. The molecule has 1 aromatic carbocycles. The number of aromatic nitrogens is 2. The van der Waals surface area contributed by atoms with Crippen molar-refractivity contribution < 1.29 is 13.9 Å². The summed E-state index contributed by atoms with van der Waals surface area (Å²) in [4.78, 5) is 41.4. The average Bonchev–Trinajstić information content (AvgIpc) is 3.44. The Balaban J connectivity index is 1.65. The number of carbonyl (C=O) groups excluding carboxylic acids is 1. The lowest BCUT2D eigenvalue weighted by Gasteiger charge is -2.27. The fourth-order valence-electron chi connectivity index (χ4n) is 4.85. The molecule has 1 saturated heterocycles. The minimum absolute atomic E-state index is 0.00762. The predicted octanol–water partition coefficient (Wildman–Crippen LogP) is 3.11. The number of H-pyrrole nitrogens is 1. The first-order valence-electron chi connectivity index (χ1n) is 11.6. The fraction of sp³-hybridized carbons (Fsp3) is 0.583. The Morgan fingerprint density at radius 1 is 1.35 bits per heavy atom. The van der Waals surface area contributed by atoms with E-state index >= 15 is 4.39 Å². The Morgan fingerprint density at radius 3 is 2.68 bits per heavy atom. The number of hydrogen-bond acceptors (Lipinski definition) is 6. The number of alkyl carbamates (subject to hydrolysis) is 1. The number of nitrogens with zero attached hydrogens (tertiary/aromatic N) is 3. The number of halogens is 1. The highest BCUT2D eigenvalue weighted by atomic mass is 19.1. The monoisotopic (exact) mass is 471 g/mol. The van der Waals surface area contributed by atoms with Gasteiger partial charge in [0.15, 0.2) is 0 Å². The molecule has 0 radical (unpaired) electrons. The lowest BCUT2D eigenvalue weighted by Crippen LogP contribution is -2.43. The summed E-state index contributed by atoms with van der Waals surface area (Å²) >= 11 is 0. The summed E-state index contributed by atoms with van der Waals surface area (Å²) in [6.07, 6.45) is 1.83. The number of aromatic amines is 1. The number of hydrogen-bond donors (Lipinski definition) is 2. The number of benzene rings is 1. The van der Waals surface area contributed by atoms with Gasteiger partial charge in [0, 0.05) is 30.7 Å². The molecule has 0 bridgehead atoms. The third-order valence-corrected chi connectivity index (χ3v) is 6.42. The lowest BCUT2D eigenvalue weighted by atomic mass is 9.96. The van der Waals surface area contributed by atoms with Gasteiger partial charge in [-0.05, 0) is 58.9 Å². The van der Waals surface area contributed by atoms with Crippen LogP contribution in [0.4, 0.5) is 14.9 Å². The van der Waals surface area contributed by atoms with Gasteiger partial charge in [0.25, 0.3) is 5.56 Å². The summed E-state index contributed by atoms with van der Waals surface area (Å²) < 4.78 is 22.2. The van der Waals surface area contributed by atoms with Crippen LogP contribution in [0.15, 0.2) is 15.7 Å². The molecule has 34 heavy (non-hydrogen) atoms. The van der Waals surface area contributed by atoms with Gasteiger partial charge < -0.3 is 15.0 Å². The molecule has 1 aromatic heterocycles. The van der Waals surface area contributed by atoms with E-state index in [4.69, 9.17) is 4.74 Å². The van der Waals surface area contributed by atoms with Crippen molar-refractivity contribution in [1.29, 1.82) is 5.26 Å². The number of ether oxygens (including phenoxy) is 1. The molecule has 10 heteroatoms. The molecule has 0 spiro atoms. The van der Waals surface area contributed by atoms with E-state index in [1.807, 2.05) is 4.90 Å². The third kappa shape index (κ3) is 4.65. The van der Waals surface area contributed by atoms with E-state index in [0.717, 1.165) is 12.8 Å². The normalized spacial score (nSPS) is 19.2. The second-order valence-corrected chi connectivity index (χ2v) is 10.2. The van der Waals surface area contributed by atoms with E-state index in [2.05, 4.69) is 16.4 Å². The summed E-state index contributed by atoms with van der Waals surface area (Å²) in [5.41, 5.74) is -0.374. The summed E-state index contributed by atoms with van der Waals surface area (Å²) in [5.74, 6) is -0.624. The van der Waals surface area contributed by atoms with E-state index in [1.54, 1.807) is 32.3 Å². The third-order valence-electron chi connectivity index (χ3n) is 6.42. The number of aryl methyl sites for hydroxylation is 1. The summed E-state index contributed by atoms with van der Waals surface area (Å²) in [7, 11) is 0. The minimum atomic E-state index is -0.663.